The maximum atomic E-state index is 14.1. The van der Waals surface area contributed by atoms with Crippen molar-refractivity contribution >= 4 is 50.4 Å². The summed E-state index contributed by atoms with van der Waals surface area (Å²) in [5.74, 6) is -0.369. The Morgan fingerprint density at radius 3 is 1.88 bits per heavy atom. The number of fused-ring (bicyclic) bond motifs is 6. The van der Waals surface area contributed by atoms with Crippen LogP contribution in [0.2, 0.25) is 0 Å². The Labute approximate surface area is 582 Å². The van der Waals surface area contributed by atoms with Crippen molar-refractivity contribution in [3.05, 3.63) is 132 Å². The highest BCUT2D eigenvalue weighted by atomic mass is 16.7. The summed E-state index contributed by atoms with van der Waals surface area (Å²) in [4.78, 5) is 30.0. The molecule has 25 nitrogen and oxygen atoms in total. The molecule has 4 aromatic rings. The minimum atomic E-state index is -1.59. The fourth-order valence-electron chi connectivity index (χ4n) is 15.7. The lowest BCUT2D eigenvalue weighted by atomic mass is 9.79. The molecule has 12 saturated heterocycles. The lowest BCUT2D eigenvalue weighted by molar-refractivity contribution is -0.425. The molecule has 2 unspecified atom stereocenters. The molecule has 18 rings (SSSR count). The summed E-state index contributed by atoms with van der Waals surface area (Å²) in [6.45, 7) is 8.75. The Hall–Kier alpha value is -5.99. The van der Waals surface area contributed by atoms with E-state index >= 15 is 0 Å². The van der Waals surface area contributed by atoms with Gasteiger partial charge in [-0.15, -0.1) is 0 Å². The van der Waals surface area contributed by atoms with Gasteiger partial charge in [-0.2, -0.15) is 4.58 Å². The minimum absolute atomic E-state index is 0.00262. The molecule has 14 aliphatic rings. The molecule has 0 radical (unpaired) electrons. The highest BCUT2D eigenvalue weighted by Crippen LogP contribution is 2.51. The van der Waals surface area contributed by atoms with Gasteiger partial charge >= 0.3 is 0 Å². The third-order valence-electron chi connectivity index (χ3n) is 20.9. The summed E-state index contributed by atoms with van der Waals surface area (Å²) in [6.07, 6.45) is -4.86. The molecule has 0 spiro atoms. The first-order chi connectivity index (χ1) is 48.3. The zero-order valence-corrected chi connectivity index (χ0v) is 57.2. The molecule has 4 aromatic carbocycles. The quantitative estimate of drug-likeness (QED) is 0.0306. The average molecular weight is 1390 g/mol. The number of hydrogen-bond acceptors (Lipinski definition) is 22. The van der Waals surface area contributed by atoms with Gasteiger partial charge < -0.3 is 109 Å². The van der Waals surface area contributed by atoms with E-state index in [0.29, 0.717) is 45.1 Å². The van der Waals surface area contributed by atoms with Crippen molar-refractivity contribution in [2.45, 2.75) is 200 Å². The van der Waals surface area contributed by atoms with Gasteiger partial charge in [-0.25, -0.2) is 0 Å². The van der Waals surface area contributed by atoms with Gasteiger partial charge in [0.15, 0.2) is 18.3 Å². The Bertz CT molecular complexity index is 3630. The highest BCUT2D eigenvalue weighted by molar-refractivity contribution is 6.08. The third kappa shape index (κ3) is 15.5. The topological polar surface area (TPSA) is 339 Å². The Kier molecular flexibility index (Phi) is 24.2. The maximum absolute atomic E-state index is 14.1. The molecule has 14 heterocycles. The van der Waals surface area contributed by atoms with E-state index in [1.807, 2.05) is 54.6 Å². The van der Waals surface area contributed by atoms with Gasteiger partial charge in [-0.05, 0) is 97.7 Å². The molecule has 19 atom stereocenters. The lowest BCUT2D eigenvalue weighted by Crippen LogP contribution is -2.64. The normalized spacial score (nSPS) is 34.0. The first kappa shape index (κ1) is 73.8. The van der Waals surface area contributed by atoms with Crippen LogP contribution in [0.5, 0.6) is 0 Å². The van der Waals surface area contributed by atoms with Crippen LogP contribution in [0.4, 0.5) is 11.4 Å². The van der Waals surface area contributed by atoms with E-state index in [9.17, 15) is 55.5 Å². The molecular formula is C75H99N4O21+. The number of anilines is 1. The van der Waals surface area contributed by atoms with Crippen molar-refractivity contribution in [2.75, 3.05) is 83.9 Å². The van der Waals surface area contributed by atoms with Crippen LogP contribution in [0.15, 0.2) is 121 Å². The van der Waals surface area contributed by atoms with E-state index in [0.717, 1.165) is 49.9 Å². The molecule has 2 amide bonds. The van der Waals surface area contributed by atoms with E-state index in [1.165, 1.54) is 5.56 Å². The van der Waals surface area contributed by atoms with Crippen molar-refractivity contribution < 1.29 is 107 Å². The maximum Gasteiger partial charge on any atom is 0.286 e. The van der Waals surface area contributed by atoms with Crippen LogP contribution in [0.1, 0.15) is 83.8 Å². The predicted octanol–water partition coefficient (Wildman–Crippen LogP) is 2.78. The molecule has 0 aromatic heterocycles. The largest absolute Gasteiger partial charge is 0.394 e. The number of aliphatic hydroxyl groups excluding tert-OH is 9. The monoisotopic (exact) mass is 1390 g/mol. The second-order valence-corrected chi connectivity index (χ2v) is 28.1. The molecule has 11 N–H and O–H groups in total. The average Bonchev–Trinajstić information content (AvgIpc) is 1.57. The minimum Gasteiger partial charge on any atom is -0.394 e. The lowest BCUT2D eigenvalue weighted by Gasteiger charge is -2.47. The molecule has 12 fully saturated rings. The van der Waals surface area contributed by atoms with Crippen LogP contribution >= 0.6 is 0 Å². The molecule has 0 saturated carbocycles. The van der Waals surface area contributed by atoms with Gasteiger partial charge in [-0.1, -0.05) is 98.8 Å². The fourth-order valence-corrected chi connectivity index (χ4v) is 15.7. The van der Waals surface area contributed by atoms with Gasteiger partial charge in [0.2, 0.25) is 18.1 Å². The Morgan fingerprint density at radius 1 is 0.570 bits per heavy atom. The zero-order valence-electron chi connectivity index (χ0n) is 57.2. The van der Waals surface area contributed by atoms with Crippen LogP contribution in [0, 0.1) is 0 Å². The highest BCUT2D eigenvalue weighted by Gasteiger charge is 2.54. The van der Waals surface area contributed by atoms with Crippen molar-refractivity contribution in [2.24, 2.45) is 0 Å². The van der Waals surface area contributed by atoms with Crippen molar-refractivity contribution in [1.82, 2.24) is 10.6 Å². The van der Waals surface area contributed by atoms with Crippen LogP contribution in [-0.2, 0) is 67.8 Å². The third-order valence-corrected chi connectivity index (χ3v) is 20.9. The smallest absolute Gasteiger partial charge is 0.286 e. The number of nitrogens with zero attached hydrogens (tertiary/aromatic N) is 2. The van der Waals surface area contributed by atoms with E-state index in [4.69, 9.17) is 47.4 Å². The van der Waals surface area contributed by atoms with Gasteiger partial charge in [0.1, 0.15) is 91.6 Å². The van der Waals surface area contributed by atoms with Crippen LogP contribution in [0.25, 0.3) is 21.5 Å². The number of nitrogens with one attached hydrogen (secondary N) is 2. The number of hydrogen-bond donors (Lipinski definition) is 11. The number of aliphatic hydroxyl groups is 9. The molecule has 544 valence electrons. The van der Waals surface area contributed by atoms with Gasteiger partial charge in [0, 0.05) is 87.0 Å². The number of amides is 2. The van der Waals surface area contributed by atoms with E-state index in [2.05, 4.69) is 108 Å². The summed E-state index contributed by atoms with van der Waals surface area (Å²) in [5, 5.41) is 108. The number of carbonyl (C=O) groups is 2. The van der Waals surface area contributed by atoms with Crippen molar-refractivity contribution in [3.63, 3.8) is 0 Å². The zero-order chi connectivity index (χ0) is 70.4. The van der Waals surface area contributed by atoms with Gasteiger partial charge in [0.25, 0.3) is 5.91 Å². The van der Waals surface area contributed by atoms with Gasteiger partial charge in [0.05, 0.1) is 44.1 Å². The van der Waals surface area contributed by atoms with Gasteiger partial charge in [-0.3, -0.25) is 9.59 Å². The van der Waals surface area contributed by atoms with Crippen LogP contribution in [-0.4, -0.2) is 263 Å². The fraction of sp³-hybridized carbons (Fsp3) is 0.587. The molecular weight excluding hydrogens is 1290 g/mol. The standard InChI is InChI=1S/C75H98N4O21/c1-74(2)55(78(47-28-26-43-18-10-12-20-45(43)59(47)74)33-30-57(83)76-31-16-37-94-71-62(86)54-42-95-73(71)100-69-52(40-81)96-49(22-14-34-91-54)61(85)63(69)87)24-8-6-5-7-9-25-56-75(3,4)60-46-21-13-11-19-44(46)27-29-48(60)79(56)38-58(84)77-32-17-36-93-67-50-23-15-35-92-68-51(39-80)98-72(65(89)64(68)88)99-70(66(67)90)53(41-82)97-50/h5-13,18-21,24-29,49-54,61-73,80-82,85-90H,14-17,22-23,30-42H2,1-4H3,(H-,76,77,83,84)/p+1/t49-,50-,51-,52-,53-,54-,61+,62+,63-,64-,65-,66-,67+,68-,69-,70?,71-,72-,73?/m1/s1. The molecule has 100 heavy (non-hydrogen) atoms. The first-order valence-electron chi connectivity index (χ1n) is 35.3. The summed E-state index contributed by atoms with van der Waals surface area (Å²) >= 11 is 0. The number of carbonyl (C=O) groups excluding carboxylic acids is 2. The number of allylic oxidation sites excluding steroid dienone is 8. The summed E-state index contributed by atoms with van der Waals surface area (Å²) in [5.41, 5.74) is 5.22. The SMILES string of the molecule is CC1(C)C(=CC=CC=CC=CC2=[N+](CC(=O)NCCCO[C@H]3[C@H]4CCCO[C@H]5[C@H](O)[C@@H](O)[C@@H](OC([C@@H](CO)O4)[C@@H]3O)O[C@@H]5CO)c3ccc4ccccc4c3C2(C)C)N(CCC(=O)NCCCO[C@H]2C3OC[C@@H](OCCC[C@H]4O[C@H](CO)[C@@H](O3)[C@H](O)[C@H]4O)[C@@H]2O)c2ccc3ccccc3c21. The first-order valence-corrected chi connectivity index (χ1v) is 35.3. The second-order valence-electron chi connectivity index (χ2n) is 28.1. The molecule has 0 aliphatic carbocycles. The summed E-state index contributed by atoms with van der Waals surface area (Å²) in [6, 6.07) is 24.9. The van der Waals surface area contributed by atoms with Crippen molar-refractivity contribution in [3.8, 4) is 0 Å². The molecule has 8 bridgehead atoms. The van der Waals surface area contributed by atoms with E-state index < -0.39 is 147 Å². The van der Waals surface area contributed by atoms with Crippen LogP contribution in [0.3, 0.4) is 0 Å². The summed E-state index contributed by atoms with van der Waals surface area (Å²) in [7, 11) is 0. The molecule has 14 aliphatic heterocycles. The van der Waals surface area contributed by atoms with E-state index in [-0.39, 0.29) is 70.9 Å². The Balaban J connectivity index is 0.681. The number of benzene rings is 4. The predicted molar refractivity (Wildman–Crippen MR) is 367 cm³/mol. The number of rotatable bonds is 22. The Morgan fingerprint density at radius 2 is 1.16 bits per heavy atom. The summed E-state index contributed by atoms with van der Waals surface area (Å²) < 4.78 is 62.5. The van der Waals surface area contributed by atoms with E-state index in [1.54, 1.807) is 0 Å². The molecule has 25 heteroatoms. The number of ether oxygens (including phenoxy) is 10. The second kappa shape index (κ2) is 32.8. The van der Waals surface area contributed by atoms with Crippen molar-refractivity contribution in [1.29, 1.82) is 0 Å². The van der Waals surface area contributed by atoms with Crippen LogP contribution < -0.4 is 15.5 Å².